The fourth-order valence-electron chi connectivity index (χ4n) is 0.514. The van der Waals surface area contributed by atoms with E-state index in [4.69, 9.17) is 0 Å². The van der Waals surface area contributed by atoms with Gasteiger partial charge in [0.2, 0.25) is 0 Å². The van der Waals surface area contributed by atoms with E-state index in [1.165, 1.54) is 10.1 Å². The van der Waals surface area contributed by atoms with Crippen LogP contribution in [0.5, 0.6) is 0 Å². The van der Waals surface area contributed by atoms with Gasteiger partial charge in [-0.15, -0.1) is 10.7 Å². The SMILES string of the molecule is CN1NC(=O)N(C)N1. The molecule has 0 saturated carbocycles. The first-order chi connectivity index (χ1) is 3.70. The second-order valence-corrected chi connectivity index (χ2v) is 1.63. The van der Waals surface area contributed by atoms with E-state index in [1.807, 2.05) is 0 Å². The standard InChI is InChI=1S/C3H8N4O/c1-6-3(8)4-7(2)5-6/h5H,1-2H3,(H,4,8). The van der Waals surface area contributed by atoms with Crippen LogP contribution in [0.15, 0.2) is 0 Å². The molecule has 0 spiro atoms. The van der Waals surface area contributed by atoms with Crippen LogP contribution in [0.1, 0.15) is 0 Å². The molecule has 1 fully saturated rings. The molecule has 0 bridgehead atoms. The minimum absolute atomic E-state index is 0.146. The molecule has 5 heteroatoms. The molecule has 0 aromatic rings. The van der Waals surface area contributed by atoms with Crippen LogP contribution in [0.3, 0.4) is 0 Å². The monoisotopic (exact) mass is 116 g/mol. The van der Waals surface area contributed by atoms with Gasteiger partial charge in [-0.1, -0.05) is 0 Å². The van der Waals surface area contributed by atoms with Gasteiger partial charge in [-0.25, -0.2) is 9.80 Å². The van der Waals surface area contributed by atoms with Crippen molar-refractivity contribution in [3.8, 4) is 0 Å². The van der Waals surface area contributed by atoms with Crippen LogP contribution in [0.4, 0.5) is 4.79 Å². The van der Waals surface area contributed by atoms with E-state index < -0.39 is 0 Å². The number of amides is 2. The zero-order chi connectivity index (χ0) is 6.15. The van der Waals surface area contributed by atoms with Crippen molar-refractivity contribution in [2.24, 2.45) is 0 Å². The average molecular weight is 116 g/mol. The molecule has 0 atom stereocenters. The van der Waals surface area contributed by atoms with Crippen molar-refractivity contribution in [3.63, 3.8) is 0 Å². The first-order valence-electron chi connectivity index (χ1n) is 2.24. The molecule has 0 radical (unpaired) electrons. The Morgan fingerprint density at radius 1 is 1.50 bits per heavy atom. The van der Waals surface area contributed by atoms with Gasteiger partial charge in [0, 0.05) is 14.1 Å². The number of nitrogens with one attached hydrogen (secondary N) is 2. The molecule has 2 N–H and O–H groups in total. The molecule has 0 aromatic carbocycles. The lowest BCUT2D eigenvalue weighted by molar-refractivity contribution is 0.151. The fourth-order valence-corrected chi connectivity index (χ4v) is 0.514. The summed E-state index contributed by atoms with van der Waals surface area (Å²) in [6.45, 7) is 0. The third kappa shape index (κ3) is 0.728. The van der Waals surface area contributed by atoms with Crippen molar-refractivity contribution in [1.29, 1.82) is 0 Å². The summed E-state index contributed by atoms with van der Waals surface area (Å²) < 4.78 is 0. The lowest BCUT2D eigenvalue weighted by Gasteiger charge is -2.06. The van der Waals surface area contributed by atoms with Crippen molar-refractivity contribution in [3.05, 3.63) is 0 Å². The van der Waals surface area contributed by atoms with Gasteiger partial charge in [0.25, 0.3) is 0 Å². The number of hydrazine groups is 3. The van der Waals surface area contributed by atoms with Crippen LogP contribution < -0.4 is 11.0 Å². The molecular weight excluding hydrogens is 108 g/mol. The highest BCUT2D eigenvalue weighted by molar-refractivity contribution is 5.73. The summed E-state index contributed by atoms with van der Waals surface area (Å²) in [5.74, 6) is 0. The summed E-state index contributed by atoms with van der Waals surface area (Å²) in [4.78, 5) is 10.5. The Balaban J connectivity index is 2.51. The highest BCUT2D eigenvalue weighted by Gasteiger charge is 2.18. The Morgan fingerprint density at radius 3 is 2.25 bits per heavy atom. The van der Waals surface area contributed by atoms with Crippen molar-refractivity contribution < 1.29 is 4.79 Å². The summed E-state index contributed by atoms with van der Waals surface area (Å²) in [5, 5.41) is 2.82. The highest BCUT2D eigenvalue weighted by atomic mass is 16.2. The van der Waals surface area contributed by atoms with E-state index in [0.29, 0.717) is 0 Å². The van der Waals surface area contributed by atoms with Crippen molar-refractivity contribution >= 4 is 6.03 Å². The van der Waals surface area contributed by atoms with Gasteiger partial charge in [-0.05, 0) is 0 Å². The lowest BCUT2D eigenvalue weighted by Crippen LogP contribution is -2.36. The zero-order valence-corrected chi connectivity index (χ0v) is 4.80. The molecule has 5 nitrogen and oxygen atoms in total. The molecule has 2 amide bonds. The number of nitrogens with zero attached hydrogens (tertiary/aromatic N) is 2. The maximum atomic E-state index is 10.5. The van der Waals surface area contributed by atoms with E-state index >= 15 is 0 Å². The number of rotatable bonds is 0. The normalized spacial score (nSPS) is 21.8. The second kappa shape index (κ2) is 1.61. The summed E-state index contributed by atoms with van der Waals surface area (Å²) in [6, 6.07) is -0.146. The summed E-state index contributed by atoms with van der Waals surface area (Å²) in [7, 11) is 3.35. The van der Waals surface area contributed by atoms with E-state index in [1.54, 1.807) is 14.1 Å². The van der Waals surface area contributed by atoms with E-state index in [2.05, 4.69) is 11.0 Å². The minimum atomic E-state index is -0.146. The molecule has 0 aromatic heterocycles. The molecule has 0 unspecified atom stereocenters. The van der Waals surface area contributed by atoms with Crippen LogP contribution in [-0.4, -0.2) is 30.3 Å². The van der Waals surface area contributed by atoms with Gasteiger partial charge in [0.15, 0.2) is 0 Å². The van der Waals surface area contributed by atoms with Gasteiger partial charge in [0.05, 0.1) is 0 Å². The number of hydrogen-bond donors (Lipinski definition) is 2. The second-order valence-electron chi connectivity index (χ2n) is 1.63. The molecule has 0 aliphatic carbocycles. The van der Waals surface area contributed by atoms with Gasteiger partial charge >= 0.3 is 6.03 Å². The van der Waals surface area contributed by atoms with E-state index in [9.17, 15) is 4.79 Å². The molecule has 1 rings (SSSR count). The molecule has 8 heavy (non-hydrogen) atoms. The van der Waals surface area contributed by atoms with E-state index in [-0.39, 0.29) is 6.03 Å². The highest BCUT2D eigenvalue weighted by Crippen LogP contribution is 1.86. The smallest absolute Gasteiger partial charge is 0.254 e. The van der Waals surface area contributed by atoms with Gasteiger partial charge < -0.3 is 0 Å². The Bertz CT molecular complexity index is 114. The summed E-state index contributed by atoms with van der Waals surface area (Å²) in [6.07, 6.45) is 0. The zero-order valence-electron chi connectivity index (χ0n) is 4.80. The molecule has 46 valence electrons. The van der Waals surface area contributed by atoms with E-state index in [0.717, 1.165) is 0 Å². The van der Waals surface area contributed by atoms with Crippen LogP contribution in [0, 0.1) is 0 Å². The average Bonchev–Trinajstić information content (AvgIpc) is 1.85. The number of urea groups is 1. The lowest BCUT2D eigenvalue weighted by atomic mass is 11.0. The predicted molar refractivity (Wildman–Crippen MR) is 27.2 cm³/mol. The maximum absolute atomic E-state index is 10.5. The molecule has 1 aliphatic rings. The fraction of sp³-hybridized carbons (Fsp3) is 0.667. The predicted octanol–water partition coefficient (Wildman–Crippen LogP) is -1.09. The van der Waals surface area contributed by atoms with Gasteiger partial charge in [-0.3, -0.25) is 5.43 Å². The number of carbonyl (C=O) groups is 1. The van der Waals surface area contributed by atoms with Crippen LogP contribution >= 0.6 is 0 Å². The van der Waals surface area contributed by atoms with Crippen LogP contribution in [-0.2, 0) is 0 Å². The largest absolute Gasteiger partial charge is 0.348 e. The first-order valence-corrected chi connectivity index (χ1v) is 2.24. The molecule has 1 saturated heterocycles. The summed E-state index contributed by atoms with van der Waals surface area (Å²) in [5.41, 5.74) is 5.15. The molecule has 1 heterocycles. The van der Waals surface area contributed by atoms with Crippen molar-refractivity contribution in [2.75, 3.05) is 14.1 Å². The maximum Gasteiger partial charge on any atom is 0.348 e. The number of carbonyl (C=O) groups excluding carboxylic acids is 1. The molecule has 1 aliphatic heterocycles. The topological polar surface area (TPSA) is 47.6 Å². The Morgan fingerprint density at radius 2 is 2.12 bits per heavy atom. The Hall–Kier alpha value is -0.810. The van der Waals surface area contributed by atoms with Crippen molar-refractivity contribution in [2.45, 2.75) is 0 Å². The van der Waals surface area contributed by atoms with Crippen LogP contribution in [0.2, 0.25) is 0 Å². The third-order valence-corrected chi connectivity index (χ3v) is 0.868. The first kappa shape index (κ1) is 5.33. The quantitative estimate of drug-likeness (QED) is 0.422. The minimum Gasteiger partial charge on any atom is -0.254 e. The molecular formula is C3H8N4O. The summed E-state index contributed by atoms with van der Waals surface area (Å²) >= 11 is 0. The Kier molecular flexibility index (Phi) is 1.07. The number of hydrogen-bond acceptors (Lipinski definition) is 3. The van der Waals surface area contributed by atoms with Gasteiger partial charge in [-0.2, -0.15) is 0 Å². The van der Waals surface area contributed by atoms with Gasteiger partial charge in [0.1, 0.15) is 0 Å². The Labute approximate surface area is 47.2 Å². The third-order valence-electron chi connectivity index (χ3n) is 0.868. The van der Waals surface area contributed by atoms with Crippen molar-refractivity contribution in [1.82, 2.24) is 21.1 Å². The van der Waals surface area contributed by atoms with Crippen LogP contribution in [0.25, 0.3) is 0 Å².